The van der Waals surface area contributed by atoms with Crippen molar-refractivity contribution in [3.63, 3.8) is 0 Å². The number of alkyl halides is 3. The summed E-state index contributed by atoms with van der Waals surface area (Å²) in [5, 5.41) is 3.68. The maximum absolute atomic E-state index is 12.4. The van der Waals surface area contributed by atoms with Gasteiger partial charge in [0, 0.05) is 24.7 Å². The Kier molecular flexibility index (Phi) is 4.33. The predicted molar refractivity (Wildman–Crippen MR) is 93.2 cm³/mol. The molecule has 7 nitrogen and oxygen atoms in total. The van der Waals surface area contributed by atoms with Crippen LogP contribution in [0.4, 0.5) is 19.0 Å². The Morgan fingerprint density at radius 3 is 3.00 bits per heavy atom. The monoisotopic (exact) mass is 378 g/mol. The Morgan fingerprint density at radius 2 is 2.19 bits per heavy atom. The Morgan fingerprint density at radius 1 is 1.33 bits per heavy atom. The molecule has 10 heteroatoms. The van der Waals surface area contributed by atoms with E-state index in [1.54, 1.807) is 18.7 Å². The molecule has 1 atom stereocenters. The van der Waals surface area contributed by atoms with Gasteiger partial charge in [-0.15, -0.1) is 0 Å². The first-order chi connectivity index (χ1) is 12.9. The third-order valence-electron chi connectivity index (χ3n) is 4.72. The van der Waals surface area contributed by atoms with Crippen LogP contribution in [0.1, 0.15) is 12.8 Å². The second-order valence-electron chi connectivity index (χ2n) is 6.57. The van der Waals surface area contributed by atoms with Gasteiger partial charge in [0.05, 0.1) is 29.3 Å². The van der Waals surface area contributed by atoms with Crippen LogP contribution in [0.3, 0.4) is 0 Å². The smallest absolute Gasteiger partial charge is 0.355 e. The average Bonchev–Trinajstić information content (AvgIpc) is 3.14. The molecule has 1 amide bonds. The quantitative estimate of drug-likeness (QED) is 0.731. The highest BCUT2D eigenvalue weighted by Gasteiger charge is 2.32. The summed E-state index contributed by atoms with van der Waals surface area (Å²) in [6.45, 7) is -0.323. The summed E-state index contributed by atoms with van der Waals surface area (Å²) >= 11 is 0. The number of pyridine rings is 1. The van der Waals surface area contributed by atoms with Gasteiger partial charge in [-0.05, 0) is 18.9 Å². The summed E-state index contributed by atoms with van der Waals surface area (Å²) in [5.41, 5.74) is 1.38. The molecule has 0 spiro atoms. The van der Waals surface area contributed by atoms with Gasteiger partial charge in [0.15, 0.2) is 5.65 Å². The Hall–Kier alpha value is -2.91. The summed E-state index contributed by atoms with van der Waals surface area (Å²) in [6.07, 6.45) is 1.71. The number of fused-ring (bicyclic) bond motifs is 3. The van der Waals surface area contributed by atoms with E-state index in [1.807, 2.05) is 16.3 Å². The molecule has 3 aromatic rings. The normalized spacial score (nSPS) is 18.2. The minimum Gasteiger partial charge on any atom is -0.355 e. The maximum atomic E-state index is 12.4. The summed E-state index contributed by atoms with van der Waals surface area (Å²) in [7, 11) is 0. The summed E-state index contributed by atoms with van der Waals surface area (Å²) < 4.78 is 37.1. The maximum Gasteiger partial charge on any atom is 0.405 e. The first kappa shape index (κ1) is 17.5. The number of carbonyl (C=O) groups is 1. The lowest BCUT2D eigenvalue weighted by Gasteiger charge is -2.33. The molecule has 1 unspecified atom stereocenters. The van der Waals surface area contributed by atoms with Crippen LogP contribution in [0.15, 0.2) is 24.8 Å². The van der Waals surface area contributed by atoms with E-state index in [4.69, 9.17) is 0 Å². The van der Waals surface area contributed by atoms with Crippen LogP contribution in [0.2, 0.25) is 0 Å². The van der Waals surface area contributed by atoms with Gasteiger partial charge in [-0.3, -0.25) is 4.79 Å². The molecule has 3 aromatic heterocycles. The Bertz CT molecular complexity index is 986. The number of halogens is 3. The number of aromatic amines is 1. The molecule has 142 valence electrons. The number of aromatic nitrogens is 4. The topological polar surface area (TPSA) is 86.8 Å². The van der Waals surface area contributed by atoms with Gasteiger partial charge in [0.1, 0.15) is 12.4 Å². The van der Waals surface area contributed by atoms with Crippen LogP contribution in [-0.2, 0) is 4.79 Å². The van der Waals surface area contributed by atoms with Crippen molar-refractivity contribution >= 4 is 33.7 Å². The van der Waals surface area contributed by atoms with Crippen LogP contribution in [-0.4, -0.2) is 51.7 Å². The van der Waals surface area contributed by atoms with E-state index in [-0.39, 0.29) is 0 Å². The number of hydrogen-bond acceptors (Lipinski definition) is 5. The lowest BCUT2D eigenvalue weighted by molar-refractivity contribution is -0.140. The van der Waals surface area contributed by atoms with E-state index in [2.05, 4.69) is 19.9 Å². The van der Waals surface area contributed by atoms with Crippen molar-refractivity contribution in [3.05, 3.63) is 24.8 Å². The van der Waals surface area contributed by atoms with Crippen LogP contribution in [0.25, 0.3) is 21.9 Å². The molecule has 1 aliphatic rings. The third kappa shape index (κ3) is 3.51. The molecule has 0 aliphatic carbocycles. The number of amides is 1. The van der Waals surface area contributed by atoms with E-state index < -0.39 is 24.5 Å². The standard InChI is InChI=1S/C17H17F3N6O/c18-17(19,20)8-23-16(27)10-2-1-5-26(7-10)15-13-11-3-4-21-14(11)22-6-12(13)24-9-25-15/h3-4,6,9-10H,1-2,5,7-8H2,(H,23,27)(H,24,25). The second kappa shape index (κ2) is 6.67. The molecule has 4 rings (SSSR count). The minimum absolute atomic E-state index is 0.313. The summed E-state index contributed by atoms with van der Waals surface area (Å²) in [4.78, 5) is 30.1. The molecule has 1 aliphatic heterocycles. The Balaban J connectivity index is 1.62. The first-order valence-electron chi connectivity index (χ1n) is 8.58. The molecule has 0 saturated carbocycles. The molecule has 0 bridgehead atoms. The van der Waals surface area contributed by atoms with E-state index in [9.17, 15) is 18.0 Å². The fourth-order valence-corrected chi connectivity index (χ4v) is 3.49. The van der Waals surface area contributed by atoms with E-state index in [1.165, 1.54) is 0 Å². The molecule has 1 saturated heterocycles. The van der Waals surface area contributed by atoms with Gasteiger partial charge < -0.3 is 15.2 Å². The molecule has 0 aromatic carbocycles. The fraction of sp³-hybridized carbons (Fsp3) is 0.412. The van der Waals surface area contributed by atoms with Gasteiger partial charge in [0.25, 0.3) is 0 Å². The highest BCUT2D eigenvalue weighted by atomic mass is 19.4. The van der Waals surface area contributed by atoms with E-state index in [0.717, 1.165) is 16.3 Å². The van der Waals surface area contributed by atoms with E-state index in [0.29, 0.717) is 37.4 Å². The molecular weight excluding hydrogens is 361 g/mol. The second-order valence-corrected chi connectivity index (χ2v) is 6.57. The molecule has 4 heterocycles. The summed E-state index contributed by atoms with van der Waals surface area (Å²) in [5.74, 6) is -0.416. The van der Waals surface area contributed by atoms with Crippen LogP contribution >= 0.6 is 0 Å². The Labute approximate surface area is 152 Å². The van der Waals surface area contributed by atoms with Crippen LogP contribution in [0.5, 0.6) is 0 Å². The number of nitrogens with one attached hydrogen (secondary N) is 2. The summed E-state index contributed by atoms with van der Waals surface area (Å²) in [6, 6.07) is 1.85. The highest BCUT2D eigenvalue weighted by molar-refractivity contribution is 6.08. The molecular formula is C17H17F3N6O. The van der Waals surface area contributed by atoms with Gasteiger partial charge >= 0.3 is 6.18 Å². The number of carbonyl (C=O) groups excluding carboxylic acids is 1. The third-order valence-corrected chi connectivity index (χ3v) is 4.72. The molecule has 2 N–H and O–H groups in total. The zero-order valence-electron chi connectivity index (χ0n) is 14.3. The highest BCUT2D eigenvalue weighted by Crippen LogP contribution is 2.31. The number of rotatable bonds is 3. The largest absolute Gasteiger partial charge is 0.405 e. The van der Waals surface area contributed by atoms with Crippen molar-refractivity contribution in [2.24, 2.45) is 5.92 Å². The van der Waals surface area contributed by atoms with Crippen molar-refractivity contribution in [2.75, 3.05) is 24.5 Å². The number of H-pyrrole nitrogens is 1. The van der Waals surface area contributed by atoms with Crippen molar-refractivity contribution in [2.45, 2.75) is 19.0 Å². The van der Waals surface area contributed by atoms with Gasteiger partial charge in [-0.1, -0.05) is 0 Å². The van der Waals surface area contributed by atoms with Gasteiger partial charge in [0.2, 0.25) is 5.91 Å². The van der Waals surface area contributed by atoms with Gasteiger partial charge in [-0.25, -0.2) is 15.0 Å². The lowest BCUT2D eigenvalue weighted by Crippen LogP contribution is -2.45. The van der Waals surface area contributed by atoms with Crippen molar-refractivity contribution in [3.8, 4) is 0 Å². The molecule has 27 heavy (non-hydrogen) atoms. The van der Waals surface area contributed by atoms with Crippen LogP contribution in [0, 0.1) is 5.92 Å². The SMILES string of the molecule is O=C(NCC(F)(F)F)C1CCCN(c2nc[nH]c3cnc4nccc4c23)C1. The number of hydrogen-bond donors (Lipinski definition) is 2. The van der Waals surface area contributed by atoms with Crippen molar-refractivity contribution in [1.29, 1.82) is 0 Å². The van der Waals surface area contributed by atoms with Crippen LogP contribution < -0.4 is 10.2 Å². The fourth-order valence-electron chi connectivity index (χ4n) is 3.49. The number of anilines is 1. The minimum atomic E-state index is -4.42. The van der Waals surface area contributed by atoms with E-state index >= 15 is 0 Å². The lowest BCUT2D eigenvalue weighted by atomic mass is 9.96. The number of nitrogens with zero attached hydrogens (tertiary/aromatic N) is 4. The number of piperidine rings is 1. The first-order valence-corrected chi connectivity index (χ1v) is 8.58. The predicted octanol–water partition coefficient (Wildman–Crippen LogP) is 2.40. The zero-order chi connectivity index (χ0) is 19.0. The molecule has 1 fully saturated rings. The average molecular weight is 378 g/mol. The van der Waals surface area contributed by atoms with Gasteiger partial charge in [-0.2, -0.15) is 13.2 Å². The molecule has 0 radical (unpaired) electrons. The van der Waals surface area contributed by atoms with Crippen molar-refractivity contribution < 1.29 is 18.0 Å². The van der Waals surface area contributed by atoms with Crippen molar-refractivity contribution in [1.82, 2.24) is 25.3 Å². The zero-order valence-corrected chi connectivity index (χ0v) is 14.3.